The fourth-order valence-electron chi connectivity index (χ4n) is 3.29. The van der Waals surface area contributed by atoms with Gasteiger partial charge in [-0.3, -0.25) is 9.89 Å². The zero-order chi connectivity index (χ0) is 17.6. The highest BCUT2D eigenvalue weighted by molar-refractivity contribution is 7.11. The summed E-state index contributed by atoms with van der Waals surface area (Å²) in [5, 5.41) is 8.06. The average molecular weight is 358 g/mol. The largest absolute Gasteiger partial charge is 0.352 e. The predicted molar refractivity (Wildman–Crippen MR) is 105 cm³/mol. The molecule has 1 fully saturated rings. The van der Waals surface area contributed by atoms with Gasteiger partial charge in [-0.1, -0.05) is 30.3 Å². The van der Waals surface area contributed by atoms with Gasteiger partial charge < -0.3 is 10.6 Å². The van der Waals surface area contributed by atoms with Gasteiger partial charge in [0.1, 0.15) is 0 Å². The molecule has 2 N–H and O–H groups in total. The molecule has 2 heterocycles. The van der Waals surface area contributed by atoms with E-state index in [4.69, 9.17) is 0 Å². The monoisotopic (exact) mass is 357 g/mol. The number of aryl methyl sites for hydroxylation is 1. The lowest BCUT2D eigenvalue weighted by molar-refractivity contribution is 0.258. The van der Waals surface area contributed by atoms with Crippen molar-refractivity contribution >= 4 is 17.3 Å². The Bertz CT molecular complexity index is 697. The molecule has 1 aliphatic rings. The molecule has 2 aromatic rings. The zero-order valence-electron chi connectivity index (χ0n) is 15.2. The summed E-state index contributed by atoms with van der Waals surface area (Å²) in [5.41, 5.74) is 1.37. The third-order valence-corrected chi connectivity index (χ3v) is 5.51. The number of aromatic nitrogens is 1. The highest BCUT2D eigenvalue weighted by Crippen LogP contribution is 2.20. The summed E-state index contributed by atoms with van der Waals surface area (Å²) >= 11 is 1.72. The number of thiazole rings is 1. The maximum Gasteiger partial charge on any atom is 0.191 e. The van der Waals surface area contributed by atoms with Gasteiger partial charge >= 0.3 is 0 Å². The maximum absolute atomic E-state index is 4.37. The molecule has 25 heavy (non-hydrogen) atoms. The third kappa shape index (κ3) is 5.03. The molecule has 5 nitrogen and oxygen atoms in total. The van der Waals surface area contributed by atoms with Gasteiger partial charge in [0.25, 0.3) is 0 Å². The summed E-state index contributed by atoms with van der Waals surface area (Å²) in [6, 6.07) is 11.7. The maximum atomic E-state index is 4.37. The molecule has 3 rings (SSSR count). The Kier molecular flexibility index (Phi) is 6.04. The van der Waals surface area contributed by atoms with E-state index in [1.54, 1.807) is 11.3 Å². The summed E-state index contributed by atoms with van der Waals surface area (Å²) in [6.07, 6.45) is 3.06. The van der Waals surface area contributed by atoms with Crippen LogP contribution < -0.4 is 10.6 Å². The fraction of sp³-hybridized carbons (Fsp3) is 0.474. The summed E-state index contributed by atoms with van der Waals surface area (Å²) < 4.78 is 0. The lowest BCUT2D eigenvalue weighted by Crippen LogP contribution is -2.44. The van der Waals surface area contributed by atoms with Crippen LogP contribution in [-0.4, -0.2) is 41.5 Å². The van der Waals surface area contributed by atoms with Gasteiger partial charge in [0.05, 0.1) is 11.6 Å². The van der Waals surface area contributed by atoms with Crippen molar-refractivity contribution in [1.29, 1.82) is 0 Å². The first kappa shape index (κ1) is 17.9. The van der Waals surface area contributed by atoms with Gasteiger partial charge in [-0.15, -0.1) is 11.3 Å². The van der Waals surface area contributed by atoms with Gasteiger partial charge in [0.2, 0.25) is 0 Å². The first-order valence-corrected chi connectivity index (χ1v) is 9.62. The van der Waals surface area contributed by atoms with Crippen LogP contribution in [0.2, 0.25) is 0 Å². The second-order valence-corrected chi connectivity index (χ2v) is 7.93. The fourth-order valence-corrected chi connectivity index (χ4v) is 4.02. The normalized spacial score (nSPS) is 21.5. The first-order chi connectivity index (χ1) is 12.1. The molecule has 0 bridgehead atoms. The molecular weight excluding hydrogens is 330 g/mol. The summed E-state index contributed by atoms with van der Waals surface area (Å²) in [5.74, 6) is 0.866. The van der Waals surface area contributed by atoms with E-state index in [1.165, 1.54) is 10.4 Å². The predicted octanol–water partition coefficient (Wildman–Crippen LogP) is 2.78. The van der Waals surface area contributed by atoms with Crippen molar-refractivity contribution in [1.82, 2.24) is 20.5 Å². The Balaban J connectivity index is 1.50. The molecule has 2 unspecified atom stereocenters. The second-order valence-electron chi connectivity index (χ2n) is 6.61. The van der Waals surface area contributed by atoms with Crippen LogP contribution in [0.3, 0.4) is 0 Å². The number of rotatable bonds is 5. The SMILES string of the molecule is CN=C(NCc1cnc(C)s1)NC1CC(C)N(Cc2ccccc2)C1. The average Bonchev–Trinajstić information content (AvgIpc) is 3.18. The minimum absolute atomic E-state index is 0.424. The number of guanidine groups is 1. The van der Waals surface area contributed by atoms with Crippen LogP contribution in [0.4, 0.5) is 0 Å². The van der Waals surface area contributed by atoms with Gasteiger partial charge in [0.15, 0.2) is 5.96 Å². The minimum atomic E-state index is 0.424. The van der Waals surface area contributed by atoms with Crippen LogP contribution in [0.25, 0.3) is 0 Å². The smallest absolute Gasteiger partial charge is 0.191 e. The Morgan fingerprint density at radius 1 is 1.36 bits per heavy atom. The molecule has 1 aromatic carbocycles. The molecule has 0 spiro atoms. The van der Waals surface area contributed by atoms with E-state index in [0.29, 0.717) is 12.1 Å². The summed E-state index contributed by atoms with van der Waals surface area (Å²) in [6.45, 7) is 7.15. The number of hydrogen-bond donors (Lipinski definition) is 2. The second kappa shape index (κ2) is 8.45. The van der Waals surface area contributed by atoms with Crippen molar-refractivity contribution in [3.8, 4) is 0 Å². The van der Waals surface area contributed by atoms with E-state index >= 15 is 0 Å². The van der Waals surface area contributed by atoms with Crippen LogP contribution in [0, 0.1) is 6.92 Å². The number of likely N-dealkylation sites (tertiary alicyclic amines) is 1. The van der Waals surface area contributed by atoms with Gasteiger partial charge in [0, 0.05) is 43.3 Å². The van der Waals surface area contributed by atoms with Crippen molar-refractivity contribution in [2.24, 2.45) is 4.99 Å². The van der Waals surface area contributed by atoms with Crippen molar-refractivity contribution in [2.75, 3.05) is 13.6 Å². The molecule has 1 aliphatic heterocycles. The number of nitrogens with one attached hydrogen (secondary N) is 2. The first-order valence-electron chi connectivity index (χ1n) is 8.80. The van der Waals surface area contributed by atoms with Crippen LogP contribution in [-0.2, 0) is 13.1 Å². The molecule has 1 aromatic heterocycles. The quantitative estimate of drug-likeness (QED) is 0.638. The summed E-state index contributed by atoms with van der Waals surface area (Å²) in [4.78, 5) is 12.4. The molecule has 134 valence electrons. The number of aliphatic imine (C=N–C) groups is 1. The third-order valence-electron chi connectivity index (χ3n) is 4.60. The standard InChI is InChI=1S/C19H27N5S/c1-14-9-17(13-24(14)12-16-7-5-4-6-8-16)23-19(20-3)22-11-18-10-21-15(2)25-18/h4-8,10,14,17H,9,11-13H2,1-3H3,(H2,20,22,23). The molecule has 0 aliphatic carbocycles. The van der Waals surface area contributed by atoms with Gasteiger partial charge in [-0.25, -0.2) is 4.98 Å². The highest BCUT2D eigenvalue weighted by Gasteiger charge is 2.29. The number of nitrogens with zero attached hydrogens (tertiary/aromatic N) is 3. The Hall–Kier alpha value is -1.92. The Morgan fingerprint density at radius 2 is 2.16 bits per heavy atom. The molecule has 1 saturated heterocycles. The van der Waals surface area contributed by atoms with E-state index in [2.05, 4.69) is 62.8 Å². The van der Waals surface area contributed by atoms with E-state index in [0.717, 1.165) is 37.0 Å². The lowest BCUT2D eigenvalue weighted by Gasteiger charge is -2.21. The van der Waals surface area contributed by atoms with Crippen LogP contribution in [0.15, 0.2) is 41.5 Å². The van der Waals surface area contributed by atoms with E-state index in [1.807, 2.05) is 20.2 Å². The van der Waals surface area contributed by atoms with Gasteiger partial charge in [-0.05, 0) is 25.8 Å². The van der Waals surface area contributed by atoms with E-state index in [-0.39, 0.29) is 0 Å². The number of hydrogen-bond acceptors (Lipinski definition) is 4. The Morgan fingerprint density at radius 3 is 2.84 bits per heavy atom. The number of benzene rings is 1. The van der Waals surface area contributed by atoms with E-state index < -0.39 is 0 Å². The van der Waals surface area contributed by atoms with E-state index in [9.17, 15) is 0 Å². The van der Waals surface area contributed by atoms with Crippen LogP contribution >= 0.6 is 11.3 Å². The van der Waals surface area contributed by atoms with Crippen LogP contribution in [0.5, 0.6) is 0 Å². The molecule has 0 radical (unpaired) electrons. The van der Waals surface area contributed by atoms with Gasteiger partial charge in [-0.2, -0.15) is 0 Å². The summed E-state index contributed by atoms with van der Waals surface area (Å²) in [7, 11) is 1.83. The van der Waals surface area contributed by atoms with Crippen molar-refractivity contribution in [3.63, 3.8) is 0 Å². The Labute approximate surface area is 154 Å². The lowest BCUT2D eigenvalue weighted by atomic mass is 10.2. The molecular formula is C19H27N5S. The highest BCUT2D eigenvalue weighted by atomic mass is 32.1. The minimum Gasteiger partial charge on any atom is -0.352 e. The topological polar surface area (TPSA) is 52.6 Å². The molecule has 6 heteroatoms. The molecule has 2 atom stereocenters. The molecule has 0 amide bonds. The van der Waals surface area contributed by atoms with Crippen molar-refractivity contribution in [2.45, 2.75) is 45.4 Å². The van der Waals surface area contributed by atoms with Crippen LogP contribution in [0.1, 0.15) is 28.8 Å². The van der Waals surface area contributed by atoms with Crippen molar-refractivity contribution in [3.05, 3.63) is 52.0 Å². The zero-order valence-corrected chi connectivity index (χ0v) is 16.0. The molecule has 0 saturated carbocycles. The van der Waals surface area contributed by atoms with Crippen molar-refractivity contribution < 1.29 is 0 Å².